The molecule has 0 aromatic carbocycles. The van der Waals surface area contributed by atoms with E-state index >= 15 is 0 Å². The van der Waals surface area contributed by atoms with Gasteiger partial charge >= 0.3 is 5.97 Å². The van der Waals surface area contributed by atoms with Gasteiger partial charge in [-0.05, 0) is 64.2 Å². The molecule has 1 amide bonds. The molecule has 2 unspecified atom stereocenters. The number of nitrogens with one attached hydrogen (secondary N) is 1. The minimum atomic E-state index is -0.843. The van der Waals surface area contributed by atoms with Gasteiger partial charge in [-0.3, -0.25) is 9.59 Å². The van der Waals surface area contributed by atoms with Crippen molar-refractivity contribution in [1.29, 1.82) is 0 Å². The van der Waals surface area contributed by atoms with Crippen molar-refractivity contribution in [3.05, 3.63) is 36.5 Å². The molecule has 6 nitrogen and oxygen atoms in total. The van der Waals surface area contributed by atoms with Crippen LogP contribution in [0.5, 0.6) is 0 Å². The van der Waals surface area contributed by atoms with Crippen LogP contribution in [0, 0.1) is 0 Å². The first kappa shape index (κ1) is 70.1. The lowest BCUT2D eigenvalue weighted by Gasteiger charge is -2.20. The fourth-order valence-electron chi connectivity index (χ4n) is 9.96. The predicted molar refractivity (Wildman–Crippen MR) is 315 cm³/mol. The van der Waals surface area contributed by atoms with Gasteiger partial charge in [-0.25, -0.2) is 0 Å². The second kappa shape index (κ2) is 61.6. The van der Waals surface area contributed by atoms with Gasteiger partial charge in [-0.1, -0.05) is 307 Å². The number of hydrogen-bond acceptors (Lipinski definition) is 5. The summed E-state index contributed by atoms with van der Waals surface area (Å²) in [6, 6.07) is -0.627. The lowest BCUT2D eigenvalue weighted by molar-refractivity contribution is -0.143. The van der Waals surface area contributed by atoms with Crippen LogP contribution in [0.2, 0.25) is 0 Å². The molecule has 0 saturated carbocycles. The monoisotopic (exact) mass is 1010 g/mol. The predicted octanol–water partition coefficient (Wildman–Crippen LogP) is 20.4. The van der Waals surface area contributed by atoms with Gasteiger partial charge < -0.3 is 20.3 Å². The van der Waals surface area contributed by atoms with Gasteiger partial charge in [0.1, 0.15) is 0 Å². The number of unbranched alkanes of at least 4 members (excludes halogenated alkanes) is 45. The Morgan fingerprint density at radius 3 is 1.08 bits per heavy atom. The van der Waals surface area contributed by atoms with Gasteiger partial charge in [0.15, 0.2) is 0 Å². The van der Waals surface area contributed by atoms with E-state index in [4.69, 9.17) is 4.74 Å². The van der Waals surface area contributed by atoms with Crippen molar-refractivity contribution in [1.82, 2.24) is 5.32 Å². The van der Waals surface area contributed by atoms with Crippen LogP contribution in [0.4, 0.5) is 0 Å². The molecule has 0 heterocycles. The molecule has 72 heavy (non-hydrogen) atoms. The highest BCUT2D eigenvalue weighted by atomic mass is 16.5. The summed E-state index contributed by atoms with van der Waals surface area (Å²) >= 11 is 0. The average molecular weight is 1010 g/mol. The number of hydrogen-bond donors (Lipinski definition) is 3. The standard InChI is InChI=1S/C66H125NO5/c1-3-5-7-9-11-13-15-17-19-28-32-36-40-44-48-52-56-60-66(71)72-61-57-53-49-45-41-37-33-30-27-25-23-21-20-22-24-26-29-31-35-39-43-47-51-55-59-65(70)67-63(62-68)64(69)58-54-50-46-42-38-34-18-16-14-12-10-8-6-4-2/h11,13,17,19,54,58,63-64,68-69H,3-10,12,14-16,18,20-53,55-57,59-62H2,1-2H3,(H,67,70)/b13-11-,19-17-,58-54+. The number of aliphatic hydroxyl groups is 2. The maximum atomic E-state index is 12.5. The maximum absolute atomic E-state index is 12.5. The van der Waals surface area contributed by atoms with E-state index in [1.54, 1.807) is 6.08 Å². The summed E-state index contributed by atoms with van der Waals surface area (Å²) in [6.45, 7) is 4.89. The first-order valence-electron chi connectivity index (χ1n) is 32.3. The number of amides is 1. The second-order valence-electron chi connectivity index (χ2n) is 22.1. The SMILES string of the molecule is CCCCC/C=C\C/C=C\CCCCCCCCCC(=O)OCCCCCCCCCCCCCCCCCCCCCCCCCCC(=O)NC(CO)C(O)/C=C/CCCCCCCCCCCCCC. The molecule has 0 aliphatic rings. The molecule has 0 saturated heterocycles. The second-order valence-corrected chi connectivity index (χ2v) is 22.1. The minimum absolute atomic E-state index is 0.00732. The Balaban J connectivity index is 3.37. The molecule has 424 valence electrons. The van der Waals surface area contributed by atoms with E-state index in [1.165, 1.54) is 270 Å². The molecule has 6 heteroatoms. The van der Waals surface area contributed by atoms with Crippen LogP contribution in [-0.2, 0) is 14.3 Å². The smallest absolute Gasteiger partial charge is 0.305 e. The zero-order chi connectivity index (χ0) is 52.2. The summed E-state index contributed by atoms with van der Waals surface area (Å²) in [5.74, 6) is -0.0585. The molecule has 0 aromatic heterocycles. The number of esters is 1. The van der Waals surface area contributed by atoms with E-state index in [2.05, 4.69) is 43.5 Å². The average Bonchev–Trinajstić information content (AvgIpc) is 3.38. The third-order valence-corrected chi connectivity index (χ3v) is 14.9. The molecular weight excluding hydrogens is 887 g/mol. The normalized spacial score (nSPS) is 12.8. The zero-order valence-corrected chi connectivity index (χ0v) is 48.4. The van der Waals surface area contributed by atoms with Crippen LogP contribution in [0.3, 0.4) is 0 Å². The van der Waals surface area contributed by atoms with Crippen molar-refractivity contribution in [2.45, 2.75) is 360 Å². The molecule has 0 radical (unpaired) electrons. The molecule has 0 bridgehead atoms. The minimum Gasteiger partial charge on any atom is -0.466 e. The molecule has 2 atom stereocenters. The Morgan fingerprint density at radius 1 is 0.389 bits per heavy atom. The summed E-state index contributed by atoms with van der Waals surface area (Å²) in [5, 5.41) is 23.1. The Labute approximate surface area is 449 Å². The molecule has 0 aliphatic carbocycles. The van der Waals surface area contributed by atoms with Gasteiger partial charge in [0, 0.05) is 12.8 Å². The van der Waals surface area contributed by atoms with Crippen molar-refractivity contribution in [2.75, 3.05) is 13.2 Å². The highest BCUT2D eigenvalue weighted by Crippen LogP contribution is 2.18. The van der Waals surface area contributed by atoms with E-state index in [9.17, 15) is 19.8 Å². The molecule has 0 spiro atoms. The summed E-state index contributed by atoms with van der Waals surface area (Å²) in [6.07, 6.45) is 77.6. The van der Waals surface area contributed by atoms with Crippen LogP contribution >= 0.6 is 0 Å². The summed E-state index contributed by atoms with van der Waals surface area (Å²) in [5.41, 5.74) is 0. The van der Waals surface area contributed by atoms with Gasteiger partial charge in [0.25, 0.3) is 0 Å². The summed E-state index contributed by atoms with van der Waals surface area (Å²) in [4.78, 5) is 24.5. The first-order chi connectivity index (χ1) is 35.5. The Bertz CT molecular complexity index is 1170. The van der Waals surface area contributed by atoms with E-state index in [0.29, 0.717) is 19.4 Å². The third kappa shape index (κ3) is 57.4. The van der Waals surface area contributed by atoms with Gasteiger partial charge in [-0.2, -0.15) is 0 Å². The number of allylic oxidation sites excluding steroid dienone is 5. The number of carbonyl (C=O) groups excluding carboxylic acids is 2. The molecular formula is C66H125NO5. The summed E-state index contributed by atoms with van der Waals surface area (Å²) in [7, 11) is 0. The number of aliphatic hydroxyl groups excluding tert-OH is 2. The number of rotatable bonds is 60. The fourth-order valence-corrected chi connectivity index (χ4v) is 9.96. The highest BCUT2D eigenvalue weighted by Gasteiger charge is 2.18. The van der Waals surface area contributed by atoms with Gasteiger partial charge in [0.05, 0.1) is 25.4 Å². The quantitative estimate of drug-likeness (QED) is 0.0320. The lowest BCUT2D eigenvalue weighted by atomic mass is 10.0. The molecule has 0 aromatic rings. The van der Waals surface area contributed by atoms with E-state index in [-0.39, 0.29) is 18.5 Å². The van der Waals surface area contributed by atoms with Crippen molar-refractivity contribution in [3.8, 4) is 0 Å². The fraction of sp³-hybridized carbons (Fsp3) is 0.879. The van der Waals surface area contributed by atoms with Gasteiger partial charge in [-0.15, -0.1) is 0 Å². The van der Waals surface area contributed by atoms with Crippen molar-refractivity contribution in [3.63, 3.8) is 0 Å². The van der Waals surface area contributed by atoms with Crippen LogP contribution in [-0.4, -0.2) is 47.4 Å². The zero-order valence-electron chi connectivity index (χ0n) is 48.4. The van der Waals surface area contributed by atoms with E-state index in [0.717, 1.165) is 51.4 Å². The topological polar surface area (TPSA) is 95.9 Å². The van der Waals surface area contributed by atoms with Crippen molar-refractivity contribution >= 4 is 11.9 Å². The van der Waals surface area contributed by atoms with Crippen LogP contribution < -0.4 is 5.32 Å². The Kier molecular flexibility index (Phi) is 60.0. The van der Waals surface area contributed by atoms with E-state index in [1.807, 2.05) is 6.08 Å². The molecule has 0 aliphatic heterocycles. The van der Waals surface area contributed by atoms with Crippen LogP contribution in [0.25, 0.3) is 0 Å². The van der Waals surface area contributed by atoms with E-state index < -0.39 is 12.1 Å². The first-order valence-corrected chi connectivity index (χ1v) is 32.3. The largest absolute Gasteiger partial charge is 0.466 e. The van der Waals surface area contributed by atoms with Crippen molar-refractivity contribution in [2.24, 2.45) is 0 Å². The highest BCUT2D eigenvalue weighted by molar-refractivity contribution is 5.76. The lowest BCUT2D eigenvalue weighted by Crippen LogP contribution is -2.45. The molecule has 0 rings (SSSR count). The Hall–Kier alpha value is -1.92. The number of ether oxygens (including phenoxy) is 1. The number of carbonyl (C=O) groups is 2. The molecule has 3 N–H and O–H groups in total. The maximum Gasteiger partial charge on any atom is 0.305 e. The molecule has 0 fully saturated rings. The van der Waals surface area contributed by atoms with Crippen molar-refractivity contribution < 1.29 is 24.5 Å². The Morgan fingerprint density at radius 2 is 0.694 bits per heavy atom. The van der Waals surface area contributed by atoms with Crippen LogP contribution in [0.1, 0.15) is 348 Å². The van der Waals surface area contributed by atoms with Crippen LogP contribution in [0.15, 0.2) is 36.5 Å². The van der Waals surface area contributed by atoms with Gasteiger partial charge in [0.2, 0.25) is 5.91 Å². The third-order valence-electron chi connectivity index (χ3n) is 14.9. The summed E-state index contributed by atoms with van der Waals surface area (Å²) < 4.78 is 5.49.